The summed E-state index contributed by atoms with van der Waals surface area (Å²) < 4.78 is 4.66. The van der Waals surface area contributed by atoms with E-state index in [9.17, 15) is 4.79 Å². The SMILES string of the molecule is COC(=O)C1CCC[C@@H](CO)C1. The molecule has 0 amide bonds. The maximum absolute atomic E-state index is 11.1. The van der Waals surface area contributed by atoms with Crippen molar-refractivity contribution >= 4 is 5.97 Å². The Labute approximate surface area is 72.7 Å². The first-order valence-electron chi connectivity index (χ1n) is 4.46. The molecule has 1 rings (SSSR count). The second-order valence-electron chi connectivity index (χ2n) is 3.44. The molecule has 2 atom stereocenters. The van der Waals surface area contributed by atoms with Crippen LogP contribution in [0.4, 0.5) is 0 Å². The molecule has 0 radical (unpaired) electrons. The van der Waals surface area contributed by atoms with Crippen LogP contribution in [0.3, 0.4) is 0 Å². The van der Waals surface area contributed by atoms with E-state index < -0.39 is 0 Å². The molecule has 0 spiro atoms. The zero-order chi connectivity index (χ0) is 8.97. The Kier molecular flexibility index (Phi) is 3.53. The van der Waals surface area contributed by atoms with E-state index in [2.05, 4.69) is 4.74 Å². The summed E-state index contributed by atoms with van der Waals surface area (Å²) in [5.74, 6) is 0.219. The standard InChI is InChI=1S/C9H16O3/c1-12-9(11)8-4-2-3-7(5-8)6-10/h7-8,10H,2-6H2,1H3/t7-,8?/m1/s1. The minimum Gasteiger partial charge on any atom is -0.469 e. The molecule has 0 saturated heterocycles. The molecule has 0 heterocycles. The number of aliphatic hydroxyl groups excluding tert-OH is 1. The van der Waals surface area contributed by atoms with Crippen LogP contribution in [0.25, 0.3) is 0 Å². The van der Waals surface area contributed by atoms with Crippen molar-refractivity contribution in [2.45, 2.75) is 25.7 Å². The molecular formula is C9H16O3. The summed E-state index contributed by atoms with van der Waals surface area (Å²) in [6, 6.07) is 0. The molecule has 1 unspecified atom stereocenters. The van der Waals surface area contributed by atoms with Gasteiger partial charge in [0.25, 0.3) is 0 Å². The molecule has 12 heavy (non-hydrogen) atoms. The molecule has 0 bridgehead atoms. The smallest absolute Gasteiger partial charge is 0.308 e. The highest BCUT2D eigenvalue weighted by Gasteiger charge is 2.27. The third-order valence-electron chi connectivity index (χ3n) is 2.58. The van der Waals surface area contributed by atoms with Gasteiger partial charge in [-0.05, 0) is 25.2 Å². The van der Waals surface area contributed by atoms with E-state index in [1.54, 1.807) is 0 Å². The van der Waals surface area contributed by atoms with Gasteiger partial charge in [-0.2, -0.15) is 0 Å². The minimum atomic E-state index is -0.117. The summed E-state index contributed by atoms with van der Waals surface area (Å²) >= 11 is 0. The molecule has 70 valence electrons. The summed E-state index contributed by atoms with van der Waals surface area (Å²) in [5, 5.41) is 8.91. The van der Waals surface area contributed by atoms with Crippen molar-refractivity contribution in [2.24, 2.45) is 11.8 Å². The van der Waals surface area contributed by atoms with Crippen molar-refractivity contribution in [2.75, 3.05) is 13.7 Å². The molecule has 1 saturated carbocycles. The van der Waals surface area contributed by atoms with Gasteiger partial charge in [-0.25, -0.2) is 0 Å². The fraction of sp³-hybridized carbons (Fsp3) is 0.889. The Hall–Kier alpha value is -0.570. The molecule has 3 nitrogen and oxygen atoms in total. The summed E-state index contributed by atoms with van der Waals surface area (Å²) in [6.07, 6.45) is 3.79. The average Bonchev–Trinajstić information content (AvgIpc) is 2.17. The van der Waals surface area contributed by atoms with E-state index >= 15 is 0 Å². The number of hydrogen-bond acceptors (Lipinski definition) is 3. The number of esters is 1. The Morgan fingerprint density at radius 1 is 1.58 bits per heavy atom. The first-order valence-corrected chi connectivity index (χ1v) is 4.46. The molecule has 1 aliphatic carbocycles. The predicted molar refractivity (Wildman–Crippen MR) is 44.5 cm³/mol. The Balaban J connectivity index is 2.40. The lowest BCUT2D eigenvalue weighted by molar-refractivity contribution is -0.147. The van der Waals surface area contributed by atoms with Crippen LogP contribution < -0.4 is 0 Å². The molecular weight excluding hydrogens is 156 g/mol. The third kappa shape index (κ3) is 2.21. The van der Waals surface area contributed by atoms with Gasteiger partial charge in [-0.3, -0.25) is 4.79 Å². The highest BCUT2D eigenvalue weighted by molar-refractivity contribution is 5.72. The molecule has 0 aromatic carbocycles. The van der Waals surface area contributed by atoms with Gasteiger partial charge in [-0.1, -0.05) is 6.42 Å². The van der Waals surface area contributed by atoms with E-state index in [-0.39, 0.29) is 18.5 Å². The lowest BCUT2D eigenvalue weighted by Crippen LogP contribution is -2.25. The second kappa shape index (κ2) is 4.45. The predicted octanol–water partition coefficient (Wildman–Crippen LogP) is 0.958. The van der Waals surface area contributed by atoms with Crippen LogP contribution in [-0.4, -0.2) is 24.8 Å². The van der Waals surface area contributed by atoms with Crippen molar-refractivity contribution in [3.05, 3.63) is 0 Å². The van der Waals surface area contributed by atoms with E-state index in [4.69, 9.17) is 5.11 Å². The van der Waals surface area contributed by atoms with Crippen LogP contribution in [0.1, 0.15) is 25.7 Å². The zero-order valence-corrected chi connectivity index (χ0v) is 7.45. The van der Waals surface area contributed by atoms with E-state index in [1.165, 1.54) is 7.11 Å². The summed E-state index contributed by atoms with van der Waals surface area (Å²) in [6.45, 7) is 0.202. The highest BCUT2D eigenvalue weighted by Crippen LogP contribution is 2.29. The fourth-order valence-electron chi connectivity index (χ4n) is 1.84. The van der Waals surface area contributed by atoms with Gasteiger partial charge >= 0.3 is 5.97 Å². The highest BCUT2D eigenvalue weighted by atomic mass is 16.5. The maximum atomic E-state index is 11.1. The van der Waals surface area contributed by atoms with Gasteiger partial charge in [0.05, 0.1) is 13.0 Å². The Bertz CT molecular complexity index is 156. The number of aliphatic hydroxyl groups is 1. The van der Waals surface area contributed by atoms with Gasteiger partial charge in [0, 0.05) is 6.61 Å². The number of methoxy groups -OCH3 is 1. The van der Waals surface area contributed by atoms with Crippen LogP contribution in [0, 0.1) is 11.8 Å². The van der Waals surface area contributed by atoms with E-state index in [0.29, 0.717) is 5.92 Å². The van der Waals surface area contributed by atoms with Crippen LogP contribution in [0.2, 0.25) is 0 Å². The fourth-order valence-corrected chi connectivity index (χ4v) is 1.84. The van der Waals surface area contributed by atoms with Crippen LogP contribution in [0.5, 0.6) is 0 Å². The number of ether oxygens (including phenoxy) is 1. The largest absolute Gasteiger partial charge is 0.469 e. The maximum Gasteiger partial charge on any atom is 0.308 e. The normalized spacial score (nSPS) is 29.8. The Morgan fingerprint density at radius 2 is 2.33 bits per heavy atom. The number of rotatable bonds is 2. The first kappa shape index (κ1) is 9.52. The number of hydrogen-bond donors (Lipinski definition) is 1. The zero-order valence-electron chi connectivity index (χ0n) is 7.45. The summed E-state index contributed by atoms with van der Waals surface area (Å²) in [5.41, 5.74) is 0. The number of carbonyl (C=O) groups is 1. The van der Waals surface area contributed by atoms with Crippen LogP contribution >= 0.6 is 0 Å². The van der Waals surface area contributed by atoms with Crippen LogP contribution in [0.15, 0.2) is 0 Å². The topological polar surface area (TPSA) is 46.5 Å². The van der Waals surface area contributed by atoms with Crippen molar-refractivity contribution in [1.29, 1.82) is 0 Å². The van der Waals surface area contributed by atoms with Crippen molar-refractivity contribution < 1.29 is 14.6 Å². The monoisotopic (exact) mass is 172 g/mol. The summed E-state index contributed by atoms with van der Waals surface area (Å²) in [4.78, 5) is 11.1. The van der Waals surface area contributed by atoms with Gasteiger partial charge in [0.2, 0.25) is 0 Å². The molecule has 0 aromatic heterocycles. The molecule has 1 aliphatic rings. The second-order valence-corrected chi connectivity index (χ2v) is 3.44. The molecule has 1 N–H and O–H groups in total. The van der Waals surface area contributed by atoms with Crippen molar-refractivity contribution in [3.8, 4) is 0 Å². The lowest BCUT2D eigenvalue weighted by atomic mass is 9.82. The van der Waals surface area contributed by atoms with E-state index in [0.717, 1.165) is 25.7 Å². The van der Waals surface area contributed by atoms with Crippen molar-refractivity contribution in [3.63, 3.8) is 0 Å². The van der Waals surface area contributed by atoms with Gasteiger partial charge in [0.1, 0.15) is 0 Å². The van der Waals surface area contributed by atoms with Crippen molar-refractivity contribution in [1.82, 2.24) is 0 Å². The average molecular weight is 172 g/mol. The van der Waals surface area contributed by atoms with Gasteiger partial charge < -0.3 is 9.84 Å². The van der Waals surface area contributed by atoms with E-state index in [1.807, 2.05) is 0 Å². The molecule has 1 fully saturated rings. The third-order valence-corrected chi connectivity index (χ3v) is 2.58. The Morgan fingerprint density at radius 3 is 2.92 bits per heavy atom. The molecule has 0 aromatic rings. The molecule has 3 heteroatoms. The van der Waals surface area contributed by atoms with Gasteiger partial charge in [0.15, 0.2) is 0 Å². The quantitative estimate of drug-likeness (QED) is 0.631. The summed E-state index contributed by atoms with van der Waals surface area (Å²) in [7, 11) is 1.42. The lowest BCUT2D eigenvalue weighted by Gasteiger charge is -2.25. The minimum absolute atomic E-state index is 0.0286. The van der Waals surface area contributed by atoms with Crippen LogP contribution in [-0.2, 0) is 9.53 Å². The molecule has 0 aliphatic heterocycles. The number of carbonyl (C=O) groups excluding carboxylic acids is 1. The van der Waals surface area contributed by atoms with Gasteiger partial charge in [-0.15, -0.1) is 0 Å². The first-order chi connectivity index (χ1) is 5.77.